The standard InChI is InChI=1S/C12H18N2O6/c1-7(13-11(18)19-12(2,3)4)10(17)20-14-8(15)5-6-9(14)16/h7H,5-6H2,1-4H3,(H,13,18)/t7-/m0/s1/i2D. The number of imide groups is 1. The summed E-state index contributed by atoms with van der Waals surface area (Å²) < 4.78 is 12.1. The van der Waals surface area contributed by atoms with Crippen molar-refractivity contribution in [2.24, 2.45) is 0 Å². The fourth-order valence-electron chi connectivity index (χ4n) is 1.34. The van der Waals surface area contributed by atoms with Crippen LogP contribution in [0.5, 0.6) is 0 Å². The maximum absolute atomic E-state index is 11.7. The molecule has 0 saturated carbocycles. The molecule has 8 heteroatoms. The second kappa shape index (κ2) is 5.89. The van der Waals surface area contributed by atoms with Gasteiger partial charge < -0.3 is 14.9 Å². The first-order chi connectivity index (χ1) is 9.66. The summed E-state index contributed by atoms with van der Waals surface area (Å²) in [6, 6.07) is -1.11. The molecule has 1 heterocycles. The van der Waals surface area contributed by atoms with Gasteiger partial charge >= 0.3 is 12.1 Å². The molecule has 0 unspecified atom stereocenters. The van der Waals surface area contributed by atoms with Gasteiger partial charge in [0, 0.05) is 14.2 Å². The molecule has 1 N–H and O–H groups in total. The second-order valence-electron chi connectivity index (χ2n) is 5.01. The highest BCUT2D eigenvalue weighted by atomic mass is 16.7. The van der Waals surface area contributed by atoms with E-state index in [2.05, 4.69) is 10.2 Å². The highest BCUT2D eigenvalue weighted by molar-refractivity contribution is 6.01. The molecule has 1 fully saturated rings. The van der Waals surface area contributed by atoms with Crippen molar-refractivity contribution < 1.29 is 30.1 Å². The van der Waals surface area contributed by atoms with Crippen molar-refractivity contribution in [2.75, 3.05) is 0 Å². The number of carbonyl (C=O) groups is 4. The van der Waals surface area contributed by atoms with Gasteiger partial charge in [0.15, 0.2) is 0 Å². The Morgan fingerprint density at radius 3 is 2.40 bits per heavy atom. The minimum atomic E-state index is -1.11. The number of hydrogen-bond donors (Lipinski definition) is 1. The lowest BCUT2D eigenvalue weighted by atomic mass is 10.2. The van der Waals surface area contributed by atoms with E-state index >= 15 is 0 Å². The molecular weight excluding hydrogens is 268 g/mol. The molecule has 0 aromatic carbocycles. The zero-order chi connectivity index (χ0) is 16.2. The van der Waals surface area contributed by atoms with E-state index in [1.807, 2.05) is 0 Å². The molecule has 0 bridgehead atoms. The Morgan fingerprint density at radius 1 is 1.35 bits per heavy atom. The predicted molar refractivity (Wildman–Crippen MR) is 66.0 cm³/mol. The summed E-state index contributed by atoms with van der Waals surface area (Å²) >= 11 is 0. The third kappa shape index (κ3) is 4.52. The summed E-state index contributed by atoms with van der Waals surface area (Å²) in [4.78, 5) is 50.4. The van der Waals surface area contributed by atoms with Crippen LogP contribution in [0.4, 0.5) is 4.79 Å². The maximum atomic E-state index is 11.7. The van der Waals surface area contributed by atoms with Crippen molar-refractivity contribution >= 4 is 23.9 Å². The number of carbonyl (C=O) groups excluding carboxylic acids is 4. The van der Waals surface area contributed by atoms with Crippen LogP contribution in [0.25, 0.3) is 0 Å². The molecule has 0 aliphatic carbocycles. The number of rotatable bonds is 3. The monoisotopic (exact) mass is 287 g/mol. The fraction of sp³-hybridized carbons (Fsp3) is 0.667. The van der Waals surface area contributed by atoms with Gasteiger partial charge in [-0.2, -0.15) is 0 Å². The molecule has 1 rings (SSSR count). The van der Waals surface area contributed by atoms with Gasteiger partial charge in [-0.3, -0.25) is 9.59 Å². The van der Waals surface area contributed by atoms with Crippen LogP contribution in [0.1, 0.15) is 41.9 Å². The first-order valence-corrected chi connectivity index (χ1v) is 6.02. The number of hydroxylamine groups is 2. The number of ether oxygens (including phenoxy) is 1. The predicted octanol–water partition coefficient (Wildman–Crippen LogP) is 0.507. The van der Waals surface area contributed by atoms with Crippen LogP contribution in [-0.4, -0.2) is 40.6 Å². The number of alkyl carbamates (subject to hydrolysis) is 1. The molecular formula is C12H18N2O6. The normalized spacial score (nSPS) is 17.6. The fourth-order valence-corrected chi connectivity index (χ4v) is 1.34. The molecule has 1 aliphatic rings. The van der Waals surface area contributed by atoms with Gasteiger partial charge in [-0.15, -0.1) is 5.06 Å². The van der Waals surface area contributed by atoms with Gasteiger partial charge in [0.25, 0.3) is 11.8 Å². The summed E-state index contributed by atoms with van der Waals surface area (Å²) in [5.74, 6) is -2.16. The van der Waals surface area contributed by atoms with E-state index in [4.69, 9.17) is 6.11 Å². The van der Waals surface area contributed by atoms with Gasteiger partial charge in [-0.1, -0.05) is 0 Å². The quantitative estimate of drug-likeness (QED) is 0.759. The Bertz CT molecular complexity index is 449. The van der Waals surface area contributed by atoms with E-state index in [1.165, 1.54) is 6.92 Å². The van der Waals surface area contributed by atoms with Crippen LogP contribution in [0, 0.1) is 0 Å². The Labute approximate surface area is 117 Å². The molecule has 0 radical (unpaired) electrons. The first-order valence-electron chi connectivity index (χ1n) is 6.73. The van der Waals surface area contributed by atoms with Gasteiger partial charge in [-0.05, 0) is 27.7 Å². The molecule has 8 nitrogen and oxygen atoms in total. The van der Waals surface area contributed by atoms with Gasteiger partial charge in [0.05, 0.1) is 0 Å². The van der Waals surface area contributed by atoms with Crippen molar-refractivity contribution in [3.63, 3.8) is 0 Å². The first kappa shape index (κ1) is 14.3. The van der Waals surface area contributed by atoms with Crippen molar-refractivity contribution in [3.05, 3.63) is 0 Å². The van der Waals surface area contributed by atoms with Crippen LogP contribution in [-0.2, 0) is 24.0 Å². The smallest absolute Gasteiger partial charge is 0.408 e. The number of nitrogens with one attached hydrogen (secondary N) is 1. The zero-order valence-electron chi connectivity index (χ0n) is 12.6. The van der Waals surface area contributed by atoms with Crippen molar-refractivity contribution in [1.29, 1.82) is 0 Å². The van der Waals surface area contributed by atoms with E-state index in [0.717, 1.165) is 0 Å². The lowest BCUT2D eigenvalue weighted by Crippen LogP contribution is -2.45. The Kier molecular flexibility index (Phi) is 4.21. The average molecular weight is 287 g/mol. The highest BCUT2D eigenvalue weighted by Crippen LogP contribution is 2.13. The molecule has 1 aliphatic heterocycles. The minimum absolute atomic E-state index is 0.00630. The molecule has 0 spiro atoms. The lowest BCUT2D eigenvalue weighted by Gasteiger charge is -2.22. The van der Waals surface area contributed by atoms with E-state index < -0.39 is 35.5 Å². The molecule has 0 aromatic rings. The van der Waals surface area contributed by atoms with Gasteiger partial charge in [0.2, 0.25) is 0 Å². The Hall–Kier alpha value is -2.12. The molecule has 3 amide bonds. The van der Waals surface area contributed by atoms with E-state index in [1.54, 1.807) is 13.8 Å². The third-order valence-corrected chi connectivity index (χ3v) is 2.24. The van der Waals surface area contributed by atoms with Crippen LogP contribution < -0.4 is 5.32 Å². The van der Waals surface area contributed by atoms with Crippen molar-refractivity contribution in [2.45, 2.75) is 52.2 Å². The average Bonchev–Trinajstić information content (AvgIpc) is 2.69. The Morgan fingerprint density at radius 2 is 1.90 bits per heavy atom. The number of amides is 3. The zero-order valence-corrected chi connectivity index (χ0v) is 11.6. The van der Waals surface area contributed by atoms with Crippen LogP contribution in [0.2, 0.25) is 0 Å². The largest absolute Gasteiger partial charge is 0.444 e. The summed E-state index contributed by atoms with van der Waals surface area (Å²) in [7, 11) is 0. The van der Waals surface area contributed by atoms with Crippen LogP contribution in [0.3, 0.4) is 0 Å². The lowest BCUT2D eigenvalue weighted by molar-refractivity contribution is -0.198. The number of nitrogens with zero attached hydrogens (tertiary/aromatic N) is 1. The topological polar surface area (TPSA) is 102 Å². The van der Waals surface area contributed by atoms with E-state index in [9.17, 15) is 19.2 Å². The van der Waals surface area contributed by atoms with Gasteiger partial charge in [0.1, 0.15) is 11.6 Å². The van der Waals surface area contributed by atoms with Gasteiger partial charge in [-0.25, -0.2) is 9.59 Å². The van der Waals surface area contributed by atoms with E-state index in [0.29, 0.717) is 5.06 Å². The molecule has 112 valence electrons. The summed E-state index contributed by atoms with van der Waals surface area (Å²) in [5.41, 5.74) is -0.991. The van der Waals surface area contributed by atoms with E-state index in [-0.39, 0.29) is 19.7 Å². The summed E-state index contributed by atoms with van der Waals surface area (Å²) in [6.45, 7) is 4.27. The van der Waals surface area contributed by atoms with Crippen molar-refractivity contribution in [1.82, 2.24) is 10.4 Å². The number of hydrogen-bond acceptors (Lipinski definition) is 6. The summed E-state index contributed by atoms with van der Waals surface area (Å²) in [5, 5.41) is 2.61. The van der Waals surface area contributed by atoms with Crippen LogP contribution >= 0.6 is 0 Å². The second-order valence-corrected chi connectivity index (χ2v) is 5.01. The minimum Gasteiger partial charge on any atom is -0.444 e. The highest BCUT2D eigenvalue weighted by Gasteiger charge is 2.34. The SMILES string of the molecule is [2H]CC(C)(C)OC(=O)N[C@@H](C)C(=O)ON1C(=O)CCC1=O. The molecule has 20 heavy (non-hydrogen) atoms. The maximum Gasteiger partial charge on any atom is 0.408 e. The molecule has 1 atom stereocenters. The molecule has 1 saturated heterocycles. The Balaban J connectivity index is 2.49. The molecule has 0 aromatic heterocycles. The summed E-state index contributed by atoms with van der Waals surface area (Å²) in [6.07, 6.45) is -0.905. The van der Waals surface area contributed by atoms with Crippen molar-refractivity contribution in [3.8, 4) is 0 Å². The van der Waals surface area contributed by atoms with Crippen LogP contribution in [0.15, 0.2) is 0 Å². The third-order valence-electron chi connectivity index (χ3n) is 2.24.